The molecule has 0 aromatic heterocycles. The highest BCUT2D eigenvalue weighted by molar-refractivity contribution is 5.92. The van der Waals surface area contributed by atoms with Crippen LogP contribution in [0.4, 0.5) is 4.39 Å². The molecule has 0 aliphatic carbocycles. The minimum Gasteiger partial charge on any atom is -0.339 e. The normalized spacial score (nSPS) is 23.6. The third kappa shape index (κ3) is 4.32. The lowest BCUT2D eigenvalue weighted by atomic mass is 9.83. The zero-order valence-corrected chi connectivity index (χ0v) is 15.5. The summed E-state index contributed by atoms with van der Waals surface area (Å²) in [6, 6.07) is 6.46. The van der Waals surface area contributed by atoms with Crippen molar-refractivity contribution < 1.29 is 14.0 Å². The van der Waals surface area contributed by atoms with Gasteiger partial charge < -0.3 is 9.80 Å². The van der Waals surface area contributed by atoms with E-state index in [9.17, 15) is 14.0 Å². The molecule has 26 heavy (non-hydrogen) atoms. The monoisotopic (exact) mass is 358 g/mol. The Morgan fingerprint density at radius 1 is 1.35 bits per heavy atom. The fraction of sp³-hybridized carbons (Fsp3) is 0.524. The molecule has 140 valence electrons. The number of benzene rings is 1. The lowest BCUT2D eigenvalue weighted by molar-refractivity contribution is -0.143. The molecule has 4 nitrogen and oxygen atoms in total. The van der Waals surface area contributed by atoms with Gasteiger partial charge in [0, 0.05) is 38.2 Å². The van der Waals surface area contributed by atoms with Crippen molar-refractivity contribution in [3.05, 3.63) is 41.7 Å². The smallest absolute Gasteiger partial charge is 0.246 e. The fourth-order valence-corrected chi connectivity index (χ4v) is 4.07. The van der Waals surface area contributed by atoms with Crippen LogP contribution in [0, 0.1) is 17.7 Å². The Balaban J connectivity index is 1.62. The van der Waals surface area contributed by atoms with Crippen molar-refractivity contribution >= 4 is 17.9 Å². The first kappa shape index (κ1) is 18.6. The van der Waals surface area contributed by atoms with Gasteiger partial charge in [0.2, 0.25) is 11.8 Å². The number of piperidine rings is 2. The van der Waals surface area contributed by atoms with Gasteiger partial charge in [-0.25, -0.2) is 4.39 Å². The molecule has 1 aromatic carbocycles. The average Bonchev–Trinajstić information content (AvgIpc) is 2.61. The summed E-state index contributed by atoms with van der Waals surface area (Å²) >= 11 is 0. The standard InChI is InChI=1S/C21H27FN2O2/c1-15(2)13-24-19-10-11-23(14-17(19)7-9-21(24)26)20(25)8-6-16-4-3-5-18(22)12-16/h3-6,8,12,15,17,19H,7,9-11,13-14H2,1-2H3/b8-6+/t17-,19+/m1/s1. The molecule has 3 rings (SSSR count). The first-order valence-corrected chi connectivity index (χ1v) is 9.46. The predicted octanol–water partition coefficient (Wildman–Crippen LogP) is 3.33. The van der Waals surface area contributed by atoms with Crippen molar-refractivity contribution in [2.75, 3.05) is 19.6 Å². The van der Waals surface area contributed by atoms with Crippen molar-refractivity contribution in [2.45, 2.75) is 39.2 Å². The molecule has 2 aliphatic heterocycles. The van der Waals surface area contributed by atoms with E-state index in [0.717, 1.165) is 19.4 Å². The van der Waals surface area contributed by atoms with E-state index in [2.05, 4.69) is 13.8 Å². The minimum atomic E-state index is -0.308. The lowest BCUT2D eigenvalue weighted by Crippen LogP contribution is -2.57. The molecule has 0 bridgehead atoms. The summed E-state index contributed by atoms with van der Waals surface area (Å²) in [6.07, 6.45) is 5.45. The third-order valence-electron chi connectivity index (χ3n) is 5.28. The van der Waals surface area contributed by atoms with Gasteiger partial charge in [0.1, 0.15) is 5.82 Å². The number of carbonyl (C=O) groups is 2. The van der Waals surface area contributed by atoms with Crippen LogP contribution in [0.5, 0.6) is 0 Å². The van der Waals surface area contributed by atoms with Crippen LogP contribution in [0.25, 0.3) is 6.08 Å². The lowest BCUT2D eigenvalue weighted by Gasteiger charge is -2.47. The van der Waals surface area contributed by atoms with Crippen molar-refractivity contribution in [2.24, 2.45) is 11.8 Å². The molecule has 0 saturated carbocycles. The molecule has 2 heterocycles. The molecule has 0 spiro atoms. The summed E-state index contributed by atoms with van der Waals surface area (Å²) in [4.78, 5) is 28.7. The SMILES string of the molecule is CC(C)CN1C(=O)CC[C@@H]2CN(C(=O)/C=C/c3cccc(F)c3)CC[C@@H]21. The molecule has 0 N–H and O–H groups in total. The average molecular weight is 358 g/mol. The number of nitrogens with zero attached hydrogens (tertiary/aromatic N) is 2. The van der Waals surface area contributed by atoms with Crippen molar-refractivity contribution in [1.29, 1.82) is 0 Å². The van der Waals surface area contributed by atoms with Crippen LogP contribution in [0.2, 0.25) is 0 Å². The van der Waals surface area contributed by atoms with Gasteiger partial charge in [0.25, 0.3) is 0 Å². The Kier molecular flexibility index (Phi) is 5.74. The Morgan fingerprint density at radius 3 is 2.88 bits per heavy atom. The van der Waals surface area contributed by atoms with E-state index in [1.54, 1.807) is 18.2 Å². The van der Waals surface area contributed by atoms with Crippen molar-refractivity contribution in [3.8, 4) is 0 Å². The van der Waals surface area contributed by atoms with E-state index in [1.165, 1.54) is 18.2 Å². The number of hydrogen-bond acceptors (Lipinski definition) is 2. The first-order chi connectivity index (χ1) is 12.4. The Hall–Kier alpha value is -2.17. The number of rotatable bonds is 4. The van der Waals surface area contributed by atoms with E-state index >= 15 is 0 Å². The van der Waals surface area contributed by atoms with E-state index < -0.39 is 0 Å². The van der Waals surface area contributed by atoms with Crippen LogP contribution in [0.15, 0.2) is 30.3 Å². The Morgan fingerprint density at radius 2 is 2.15 bits per heavy atom. The summed E-state index contributed by atoms with van der Waals surface area (Å²) < 4.78 is 13.2. The number of fused-ring (bicyclic) bond motifs is 1. The number of carbonyl (C=O) groups excluding carboxylic acids is 2. The third-order valence-corrected chi connectivity index (χ3v) is 5.28. The van der Waals surface area contributed by atoms with E-state index in [-0.39, 0.29) is 23.7 Å². The molecule has 1 aromatic rings. The van der Waals surface area contributed by atoms with Gasteiger partial charge in [0.05, 0.1) is 0 Å². The van der Waals surface area contributed by atoms with Gasteiger partial charge in [-0.1, -0.05) is 26.0 Å². The molecule has 2 aliphatic rings. The quantitative estimate of drug-likeness (QED) is 0.775. The summed E-state index contributed by atoms with van der Waals surface area (Å²) in [5, 5.41) is 0. The Bertz CT molecular complexity index is 701. The molecule has 0 radical (unpaired) electrons. The minimum absolute atomic E-state index is 0.0416. The van der Waals surface area contributed by atoms with Gasteiger partial charge in [-0.05, 0) is 48.4 Å². The van der Waals surface area contributed by atoms with Crippen molar-refractivity contribution in [1.82, 2.24) is 9.80 Å². The van der Waals surface area contributed by atoms with Gasteiger partial charge >= 0.3 is 0 Å². The van der Waals surface area contributed by atoms with Gasteiger partial charge in [-0.15, -0.1) is 0 Å². The maximum absolute atomic E-state index is 13.2. The summed E-state index contributed by atoms with van der Waals surface area (Å²) in [7, 11) is 0. The molecule has 2 atom stereocenters. The van der Waals surface area contributed by atoms with Gasteiger partial charge in [-0.2, -0.15) is 0 Å². The van der Waals surface area contributed by atoms with Gasteiger partial charge in [0.15, 0.2) is 0 Å². The molecule has 2 fully saturated rings. The van der Waals surface area contributed by atoms with E-state index in [4.69, 9.17) is 0 Å². The number of amides is 2. The molecular weight excluding hydrogens is 331 g/mol. The molecule has 2 saturated heterocycles. The largest absolute Gasteiger partial charge is 0.339 e. The fourth-order valence-electron chi connectivity index (χ4n) is 4.07. The summed E-state index contributed by atoms with van der Waals surface area (Å²) in [5.41, 5.74) is 0.680. The van der Waals surface area contributed by atoms with Gasteiger partial charge in [-0.3, -0.25) is 9.59 Å². The zero-order chi connectivity index (χ0) is 18.7. The number of halogens is 1. The second kappa shape index (κ2) is 8.02. The van der Waals surface area contributed by atoms with Crippen molar-refractivity contribution in [3.63, 3.8) is 0 Å². The molecule has 2 amide bonds. The number of likely N-dealkylation sites (tertiary alicyclic amines) is 2. The molecular formula is C21H27FN2O2. The second-order valence-corrected chi connectivity index (χ2v) is 7.77. The van der Waals surface area contributed by atoms with Crippen LogP contribution >= 0.6 is 0 Å². The van der Waals surface area contributed by atoms with Crippen LogP contribution in [-0.4, -0.2) is 47.3 Å². The predicted molar refractivity (Wildman–Crippen MR) is 99.7 cm³/mol. The van der Waals surface area contributed by atoms with Crippen LogP contribution in [-0.2, 0) is 9.59 Å². The highest BCUT2D eigenvalue weighted by Crippen LogP contribution is 2.32. The summed E-state index contributed by atoms with van der Waals surface area (Å²) in [6.45, 7) is 6.42. The van der Waals surface area contributed by atoms with E-state index in [0.29, 0.717) is 36.9 Å². The maximum Gasteiger partial charge on any atom is 0.246 e. The highest BCUT2D eigenvalue weighted by atomic mass is 19.1. The van der Waals surface area contributed by atoms with Crippen LogP contribution in [0.1, 0.15) is 38.7 Å². The maximum atomic E-state index is 13.2. The van der Waals surface area contributed by atoms with Crippen LogP contribution in [0.3, 0.4) is 0 Å². The Labute approximate surface area is 154 Å². The van der Waals surface area contributed by atoms with Crippen LogP contribution < -0.4 is 0 Å². The first-order valence-electron chi connectivity index (χ1n) is 9.46. The topological polar surface area (TPSA) is 40.6 Å². The van der Waals surface area contributed by atoms with E-state index in [1.807, 2.05) is 9.80 Å². The molecule has 0 unspecified atom stereocenters. The second-order valence-electron chi connectivity index (χ2n) is 7.77. The summed E-state index contributed by atoms with van der Waals surface area (Å²) in [5.74, 6) is 0.710. The zero-order valence-electron chi connectivity index (χ0n) is 15.5. The highest BCUT2D eigenvalue weighted by Gasteiger charge is 2.39. The molecule has 5 heteroatoms. The number of hydrogen-bond donors (Lipinski definition) is 0.